The molecule has 0 radical (unpaired) electrons. The van der Waals surface area contributed by atoms with Crippen LogP contribution in [0.25, 0.3) is 11.1 Å². The van der Waals surface area contributed by atoms with Crippen LogP contribution in [0.4, 0.5) is 4.79 Å². The number of hydrogen-bond donors (Lipinski definition) is 1. The maximum Gasteiger partial charge on any atom is 0.410 e. The van der Waals surface area contributed by atoms with Gasteiger partial charge in [-0.15, -0.1) is 0 Å². The van der Waals surface area contributed by atoms with E-state index < -0.39 is 36.0 Å². The van der Waals surface area contributed by atoms with E-state index in [2.05, 4.69) is 17.4 Å². The van der Waals surface area contributed by atoms with Gasteiger partial charge in [-0.1, -0.05) is 48.5 Å². The monoisotopic (exact) mass is 434 g/mol. The fourth-order valence-electron chi connectivity index (χ4n) is 4.75. The Morgan fingerprint density at radius 2 is 1.66 bits per heavy atom. The van der Waals surface area contributed by atoms with Gasteiger partial charge in [0.1, 0.15) is 12.6 Å². The molecule has 32 heavy (non-hydrogen) atoms. The predicted octanol–water partition coefficient (Wildman–Crippen LogP) is 2.36. The van der Waals surface area contributed by atoms with Crippen LogP contribution in [0, 0.1) is 0 Å². The maximum atomic E-state index is 12.9. The maximum absolute atomic E-state index is 12.9. The Kier molecular flexibility index (Phi) is 5.13. The van der Waals surface area contributed by atoms with Crippen molar-refractivity contribution >= 4 is 23.9 Å². The molecule has 1 N–H and O–H groups in total. The van der Waals surface area contributed by atoms with E-state index in [1.807, 2.05) is 36.4 Å². The molecule has 2 saturated heterocycles. The van der Waals surface area contributed by atoms with E-state index in [1.165, 1.54) is 4.90 Å². The molecule has 2 heterocycles. The number of nitrogens with one attached hydrogen (secondary N) is 1. The Bertz CT molecular complexity index is 1070. The normalized spacial score (nSPS) is 21.8. The molecule has 0 saturated carbocycles. The minimum atomic E-state index is -1.14. The lowest BCUT2D eigenvalue weighted by Gasteiger charge is -2.24. The summed E-state index contributed by atoms with van der Waals surface area (Å²) in [6.07, 6.45) is -0.869. The highest BCUT2D eigenvalue weighted by molar-refractivity contribution is 6.05. The van der Waals surface area contributed by atoms with Gasteiger partial charge in [0.15, 0.2) is 6.10 Å². The van der Waals surface area contributed by atoms with Gasteiger partial charge in [0.25, 0.3) is 5.91 Å². The van der Waals surface area contributed by atoms with Crippen LogP contribution in [0.2, 0.25) is 0 Å². The summed E-state index contributed by atoms with van der Waals surface area (Å²) in [5, 5.41) is 2.10. The first-order valence-corrected chi connectivity index (χ1v) is 10.7. The molecule has 0 bridgehead atoms. The van der Waals surface area contributed by atoms with E-state index in [9.17, 15) is 19.2 Å². The van der Waals surface area contributed by atoms with Gasteiger partial charge in [0, 0.05) is 12.5 Å². The van der Waals surface area contributed by atoms with Crippen molar-refractivity contribution < 1.29 is 28.7 Å². The summed E-state index contributed by atoms with van der Waals surface area (Å²) in [5.74, 6) is -1.87. The van der Waals surface area contributed by atoms with Crippen molar-refractivity contribution in [1.29, 1.82) is 0 Å². The number of esters is 1. The van der Waals surface area contributed by atoms with Crippen LogP contribution in [-0.2, 0) is 23.9 Å². The zero-order valence-corrected chi connectivity index (χ0v) is 17.3. The molecule has 3 aliphatic rings. The largest absolute Gasteiger partial charge is 0.450 e. The first-order valence-electron chi connectivity index (χ1n) is 10.7. The number of amides is 3. The van der Waals surface area contributed by atoms with Crippen molar-refractivity contribution in [3.8, 4) is 11.1 Å². The Morgan fingerprint density at radius 3 is 2.28 bits per heavy atom. The van der Waals surface area contributed by atoms with Crippen LogP contribution in [0.1, 0.15) is 36.3 Å². The highest BCUT2D eigenvalue weighted by atomic mass is 16.6. The molecule has 8 nitrogen and oxygen atoms in total. The summed E-state index contributed by atoms with van der Waals surface area (Å²) in [7, 11) is 0. The standard InChI is InChI=1S/C24H22N2O6/c27-21-12-20(22(28)25-21)32-23(29)19-10-5-11-26(19)24(30)31-13-18-16-8-3-1-6-14(16)15-7-2-4-9-17(15)18/h1-4,6-9,18-20H,5,10-13H2,(H,25,27,28)/t19-,20+/m0/s1. The average molecular weight is 434 g/mol. The van der Waals surface area contributed by atoms with Crippen molar-refractivity contribution in [2.75, 3.05) is 13.2 Å². The third-order valence-electron chi connectivity index (χ3n) is 6.28. The average Bonchev–Trinajstić information content (AvgIpc) is 3.48. The predicted molar refractivity (Wildman–Crippen MR) is 112 cm³/mol. The highest BCUT2D eigenvalue weighted by Gasteiger charge is 2.41. The summed E-state index contributed by atoms with van der Waals surface area (Å²) in [4.78, 5) is 49.8. The zero-order chi connectivity index (χ0) is 22.2. The molecule has 164 valence electrons. The Morgan fingerprint density at radius 1 is 1.00 bits per heavy atom. The molecule has 0 unspecified atom stereocenters. The third kappa shape index (κ3) is 3.51. The Hall–Kier alpha value is -3.68. The van der Waals surface area contributed by atoms with Gasteiger partial charge in [-0.2, -0.15) is 0 Å². The molecule has 2 aliphatic heterocycles. The van der Waals surface area contributed by atoms with Gasteiger partial charge < -0.3 is 9.47 Å². The number of nitrogens with zero attached hydrogens (tertiary/aromatic N) is 1. The van der Waals surface area contributed by atoms with Crippen LogP contribution >= 0.6 is 0 Å². The zero-order valence-electron chi connectivity index (χ0n) is 17.3. The highest BCUT2D eigenvalue weighted by Crippen LogP contribution is 2.44. The minimum absolute atomic E-state index is 0.0763. The molecule has 2 aromatic carbocycles. The van der Waals surface area contributed by atoms with Crippen LogP contribution in [0.5, 0.6) is 0 Å². The van der Waals surface area contributed by atoms with Gasteiger partial charge in [0.2, 0.25) is 5.91 Å². The molecule has 8 heteroatoms. The molecule has 0 spiro atoms. The lowest BCUT2D eigenvalue weighted by atomic mass is 9.98. The Labute approximate surface area is 184 Å². The van der Waals surface area contributed by atoms with E-state index >= 15 is 0 Å². The van der Waals surface area contributed by atoms with Crippen molar-refractivity contribution in [2.45, 2.75) is 37.3 Å². The molecule has 3 amide bonds. The quantitative estimate of drug-likeness (QED) is 0.586. The van der Waals surface area contributed by atoms with Crippen LogP contribution < -0.4 is 5.32 Å². The number of likely N-dealkylation sites (tertiary alicyclic amines) is 1. The first kappa shape index (κ1) is 20.2. The number of rotatable bonds is 4. The van der Waals surface area contributed by atoms with Gasteiger partial charge in [-0.05, 0) is 35.1 Å². The van der Waals surface area contributed by atoms with Crippen LogP contribution in [-0.4, -0.2) is 54.1 Å². The van der Waals surface area contributed by atoms with Crippen LogP contribution in [0.15, 0.2) is 48.5 Å². The molecular formula is C24H22N2O6. The number of carbonyl (C=O) groups is 4. The molecular weight excluding hydrogens is 412 g/mol. The second-order valence-electron chi connectivity index (χ2n) is 8.20. The number of fused-ring (bicyclic) bond motifs is 3. The lowest BCUT2D eigenvalue weighted by molar-refractivity contribution is -0.158. The van der Waals surface area contributed by atoms with E-state index in [1.54, 1.807) is 0 Å². The number of ether oxygens (including phenoxy) is 2. The molecule has 0 aromatic heterocycles. The van der Waals surface area contributed by atoms with E-state index in [-0.39, 0.29) is 18.9 Å². The molecule has 2 fully saturated rings. The fraction of sp³-hybridized carbons (Fsp3) is 0.333. The number of hydrogen-bond acceptors (Lipinski definition) is 6. The fourth-order valence-corrected chi connectivity index (χ4v) is 4.75. The topological polar surface area (TPSA) is 102 Å². The van der Waals surface area contributed by atoms with E-state index in [0.717, 1.165) is 22.3 Å². The lowest BCUT2D eigenvalue weighted by Crippen LogP contribution is -2.43. The second kappa shape index (κ2) is 8.11. The Balaban J connectivity index is 1.26. The summed E-state index contributed by atoms with van der Waals surface area (Å²) in [5.41, 5.74) is 4.49. The minimum Gasteiger partial charge on any atom is -0.450 e. The van der Waals surface area contributed by atoms with Crippen molar-refractivity contribution in [2.24, 2.45) is 0 Å². The van der Waals surface area contributed by atoms with Crippen molar-refractivity contribution in [3.05, 3.63) is 59.7 Å². The van der Waals surface area contributed by atoms with Gasteiger partial charge in [-0.25, -0.2) is 9.59 Å². The summed E-state index contributed by atoms with van der Waals surface area (Å²) in [6, 6.07) is 15.3. The molecule has 5 rings (SSSR count). The summed E-state index contributed by atoms with van der Waals surface area (Å²) < 4.78 is 10.9. The summed E-state index contributed by atoms with van der Waals surface area (Å²) in [6.45, 7) is 0.525. The molecule has 1 aliphatic carbocycles. The van der Waals surface area contributed by atoms with Crippen molar-refractivity contribution in [3.63, 3.8) is 0 Å². The van der Waals surface area contributed by atoms with Gasteiger partial charge in [0.05, 0.1) is 6.42 Å². The van der Waals surface area contributed by atoms with E-state index in [0.29, 0.717) is 19.4 Å². The first-order chi connectivity index (χ1) is 15.5. The van der Waals surface area contributed by atoms with Gasteiger partial charge in [-0.3, -0.25) is 19.8 Å². The SMILES string of the molecule is O=C1C[C@@H](OC(=O)[C@@H]2CCCN2C(=O)OCC2c3ccccc3-c3ccccc32)C(=O)N1. The summed E-state index contributed by atoms with van der Waals surface area (Å²) >= 11 is 0. The number of benzene rings is 2. The number of carbonyl (C=O) groups excluding carboxylic acids is 4. The molecule has 2 aromatic rings. The van der Waals surface area contributed by atoms with E-state index in [4.69, 9.17) is 9.47 Å². The van der Waals surface area contributed by atoms with Gasteiger partial charge >= 0.3 is 12.1 Å². The third-order valence-corrected chi connectivity index (χ3v) is 6.28. The second-order valence-corrected chi connectivity index (χ2v) is 8.20. The number of imide groups is 1. The van der Waals surface area contributed by atoms with Crippen molar-refractivity contribution in [1.82, 2.24) is 10.2 Å². The smallest absolute Gasteiger partial charge is 0.410 e. The van der Waals surface area contributed by atoms with Crippen LogP contribution in [0.3, 0.4) is 0 Å². The molecule has 2 atom stereocenters.